The van der Waals surface area contributed by atoms with Gasteiger partial charge in [0.2, 0.25) is 0 Å². The molecule has 3 aromatic rings. The fourth-order valence-electron chi connectivity index (χ4n) is 4.90. The molecule has 2 bridgehead atoms. The maximum atomic E-state index is 11.7. The molecule has 0 saturated carbocycles. The van der Waals surface area contributed by atoms with Crippen molar-refractivity contribution in [2.45, 2.75) is 24.8 Å². The van der Waals surface area contributed by atoms with Gasteiger partial charge in [0.1, 0.15) is 0 Å². The number of hydrogen-bond acceptors (Lipinski definition) is 4. The second-order valence-corrected chi connectivity index (χ2v) is 8.56. The summed E-state index contributed by atoms with van der Waals surface area (Å²) >= 11 is 6.16. The SMILES string of the molecule is CNC(=O)c1ccc(-c2ccc3c(c2)CN2CCC3(c3ccc(Cl)cc3)CC2)nn1. The molecule has 152 valence electrons. The Morgan fingerprint density at radius 1 is 1.03 bits per heavy atom. The number of piperidine rings is 1. The lowest BCUT2D eigenvalue weighted by Crippen LogP contribution is -2.39. The van der Waals surface area contributed by atoms with Gasteiger partial charge in [0.25, 0.3) is 5.91 Å². The number of rotatable bonds is 3. The maximum Gasteiger partial charge on any atom is 0.271 e. The highest BCUT2D eigenvalue weighted by molar-refractivity contribution is 6.30. The van der Waals surface area contributed by atoms with Gasteiger partial charge in [-0.05, 0) is 73.0 Å². The minimum Gasteiger partial charge on any atom is -0.354 e. The summed E-state index contributed by atoms with van der Waals surface area (Å²) in [5.74, 6) is -0.231. The largest absolute Gasteiger partial charge is 0.354 e. The van der Waals surface area contributed by atoms with Crippen LogP contribution in [0.4, 0.5) is 0 Å². The van der Waals surface area contributed by atoms with Crippen molar-refractivity contribution in [2.24, 2.45) is 0 Å². The summed E-state index contributed by atoms with van der Waals surface area (Å²) in [5, 5.41) is 11.7. The lowest BCUT2D eigenvalue weighted by molar-refractivity contribution is 0.0957. The summed E-state index contributed by atoms with van der Waals surface area (Å²) in [4.78, 5) is 14.3. The van der Waals surface area contributed by atoms with Gasteiger partial charge in [0, 0.05) is 29.6 Å². The van der Waals surface area contributed by atoms with Crippen molar-refractivity contribution in [1.82, 2.24) is 20.4 Å². The Morgan fingerprint density at radius 2 is 1.80 bits per heavy atom. The first kappa shape index (κ1) is 19.2. The van der Waals surface area contributed by atoms with Crippen molar-refractivity contribution < 1.29 is 4.79 Å². The van der Waals surface area contributed by atoms with E-state index in [0.29, 0.717) is 5.69 Å². The maximum absolute atomic E-state index is 11.7. The van der Waals surface area contributed by atoms with Crippen molar-refractivity contribution in [3.8, 4) is 11.3 Å². The van der Waals surface area contributed by atoms with Crippen molar-refractivity contribution in [2.75, 3.05) is 20.1 Å². The summed E-state index contributed by atoms with van der Waals surface area (Å²) in [5.41, 5.74) is 6.24. The van der Waals surface area contributed by atoms with Crippen LogP contribution in [0.25, 0.3) is 11.3 Å². The smallest absolute Gasteiger partial charge is 0.271 e. The van der Waals surface area contributed by atoms with Crippen molar-refractivity contribution in [3.63, 3.8) is 0 Å². The van der Waals surface area contributed by atoms with Crippen molar-refractivity contribution in [3.05, 3.63) is 82.0 Å². The van der Waals surface area contributed by atoms with Gasteiger partial charge in [-0.1, -0.05) is 35.9 Å². The third kappa shape index (κ3) is 3.18. The van der Waals surface area contributed by atoms with Gasteiger partial charge in [-0.25, -0.2) is 0 Å². The number of halogens is 1. The number of benzene rings is 2. The van der Waals surface area contributed by atoms with Crippen LogP contribution in [0, 0.1) is 0 Å². The van der Waals surface area contributed by atoms with Gasteiger partial charge in [-0.3, -0.25) is 9.69 Å². The zero-order valence-electron chi connectivity index (χ0n) is 16.9. The van der Waals surface area contributed by atoms with Crippen LogP contribution in [0.15, 0.2) is 54.6 Å². The van der Waals surface area contributed by atoms with Crippen molar-refractivity contribution >= 4 is 17.5 Å². The van der Waals surface area contributed by atoms with E-state index in [2.05, 4.69) is 50.7 Å². The molecule has 6 rings (SSSR count). The first-order valence-corrected chi connectivity index (χ1v) is 10.6. The molecular formula is C24H23ClN4O. The number of nitrogens with one attached hydrogen (secondary N) is 1. The zero-order valence-corrected chi connectivity index (χ0v) is 17.6. The van der Waals surface area contributed by atoms with Crippen LogP contribution in [0.3, 0.4) is 0 Å². The van der Waals surface area contributed by atoms with Crippen LogP contribution in [-0.2, 0) is 12.0 Å². The minimum absolute atomic E-state index is 0.0280. The molecule has 6 heteroatoms. The van der Waals surface area contributed by atoms with Crippen LogP contribution in [0.1, 0.15) is 40.0 Å². The highest BCUT2D eigenvalue weighted by Crippen LogP contribution is 2.47. The average Bonchev–Trinajstić information content (AvgIpc) is 3.05. The van der Waals surface area contributed by atoms with E-state index in [1.54, 1.807) is 13.1 Å². The van der Waals surface area contributed by atoms with E-state index in [-0.39, 0.29) is 11.3 Å². The molecule has 1 amide bonds. The molecule has 5 nitrogen and oxygen atoms in total. The normalized spacial score (nSPS) is 22.3. The van der Waals surface area contributed by atoms with Gasteiger partial charge in [-0.2, -0.15) is 0 Å². The van der Waals surface area contributed by atoms with E-state index < -0.39 is 0 Å². The van der Waals surface area contributed by atoms with E-state index >= 15 is 0 Å². The van der Waals surface area contributed by atoms with E-state index in [1.807, 2.05) is 18.2 Å². The lowest BCUT2D eigenvalue weighted by atomic mass is 9.68. The molecule has 0 spiro atoms. The topological polar surface area (TPSA) is 58.1 Å². The van der Waals surface area contributed by atoms with Gasteiger partial charge in [0.15, 0.2) is 5.69 Å². The molecule has 0 unspecified atom stereocenters. The Labute approximate surface area is 181 Å². The third-order valence-corrected chi connectivity index (χ3v) is 6.79. The Hall–Kier alpha value is -2.76. The first-order valence-electron chi connectivity index (χ1n) is 10.3. The number of carbonyl (C=O) groups is 1. The predicted octanol–water partition coefficient (Wildman–Crippen LogP) is 4.05. The summed E-state index contributed by atoms with van der Waals surface area (Å²) in [6, 6.07) is 18.6. The monoisotopic (exact) mass is 418 g/mol. The van der Waals surface area contributed by atoms with Crippen molar-refractivity contribution in [1.29, 1.82) is 0 Å². The van der Waals surface area contributed by atoms with Crippen LogP contribution in [-0.4, -0.2) is 41.1 Å². The molecular weight excluding hydrogens is 396 g/mol. The first-order chi connectivity index (χ1) is 14.6. The molecule has 1 fully saturated rings. The fraction of sp³-hybridized carbons (Fsp3) is 0.292. The van der Waals surface area contributed by atoms with E-state index in [1.165, 1.54) is 16.7 Å². The number of hydrogen-bond donors (Lipinski definition) is 1. The Balaban J connectivity index is 1.57. The predicted molar refractivity (Wildman–Crippen MR) is 118 cm³/mol. The molecule has 3 aliphatic rings. The highest BCUT2D eigenvalue weighted by atomic mass is 35.5. The Morgan fingerprint density at radius 3 is 2.47 bits per heavy atom. The van der Waals surface area contributed by atoms with Crippen LogP contribution in [0.5, 0.6) is 0 Å². The molecule has 4 heterocycles. The molecule has 30 heavy (non-hydrogen) atoms. The molecule has 0 aliphatic carbocycles. The molecule has 0 radical (unpaired) electrons. The van der Waals surface area contributed by atoms with Crippen LogP contribution < -0.4 is 5.32 Å². The molecule has 1 saturated heterocycles. The van der Waals surface area contributed by atoms with Crippen LogP contribution in [0.2, 0.25) is 5.02 Å². The molecule has 2 aromatic carbocycles. The fourth-order valence-corrected chi connectivity index (χ4v) is 5.03. The van der Waals surface area contributed by atoms with Gasteiger partial charge in [-0.15, -0.1) is 10.2 Å². The number of nitrogens with zero attached hydrogens (tertiary/aromatic N) is 3. The Kier molecular flexibility index (Phi) is 4.80. The van der Waals surface area contributed by atoms with Gasteiger partial charge < -0.3 is 5.32 Å². The molecule has 3 aliphatic heterocycles. The third-order valence-electron chi connectivity index (χ3n) is 6.54. The second kappa shape index (κ2) is 7.49. The van der Waals surface area contributed by atoms with Crippen LogP contribution >= 0.6 is 11.6 Å². The second-order valence-electron chi connectivity index (χ2n) is 8.12. The molecule has 1 aromatic heterocycles. The van der Waals surface area contributed by atoms with E-state index in [4.69, 9.17) is 11.6 Å². The highest BCUT2D eigenvalue weighted by Gasteiger charge is 2.42. The number of amides is 1. The van der Waals surface area contributed by atoms with Gasteiger partial charge >= 0.3 is 0 Å². The summed E-state index contributed by atoms with van der Waals surface area (Å²) in [6.07, 6.45) is 2.23. The zero-order chi connectivity index (χ0) is 20.7. The van der Waals surface area contributed by atoms with E-state index in [0.717, 1.165) is 48.8 Å². The summed E-state index contributed by atoms with van der Waals surface area (Å²) in [6.45, 7) is 3.13. The number of fused-ring (bicyclic) bond motifs is 2. The Bertz CT molecular complexity index is 1090. The molecule has 0 atom stereocenters. The van der Waals surface area contributed by atoms with Gasteiger partial charge in [0.05, 0.1) is 5.69 Å². The number of aromatic nitrogens is 2. The average molecular weight is 419 g/mol. The summed E-state index contributed by atoms with van der Waals surface area (Å²) < 4.78 is 0. The standard InChI is InChI=1S/C24H23ClN4O/c1-26-23(30)22-9-8-21(27-28-22)16-2-7-20-17(14-16)15-29-12-10-24(20,11-13-29)18-3-5-19(25)6-4-18/h2-9,14H,10-13,15H2,1H3,(H,26,30). The quantitative estimate of drug-likeness (QED) is 0.697. The summed E-state index contributed by atoms with van der Waals surface area (Å²) in [7, 11) is 1.59. The van der Waals surface area contributed by atoms with E-state index in [9.17, 15) is 4.79 Å². The number of carbonyl (C=O) groups excluding carboxylic acids is 1. The molecule has 1 N–H and O–H groups in total. The minimum atomic E-state index is -0.231. The lowest BCUT2D eigenvalue weighted by Gasteiger charge is -2.39.